The second-order valence-electron chi connectivity index (χ2n) is 8.11. The molecule has 1 aromatic carbocycles. The van der Waals surface area contributed by atoms with Crippen LogP contribution in [0.3, 0.4) is 0 Å². The molecule has 3 aromatic rings. The van der Waals surface area contributed by atoms with Crippen molar-refractivity contribution in [3.63, 3.8) is 0 Å². The number of nitrogens with zero attached hydrogens (tertiary/aromatic N) is 3. The Morgan fingerprint density at radius 1 is 1.09 bits per heavy atom. The van der Waals surface area contributed by atoms with Crippen molar-refractivity contribution in [1.82, 2.24) is 19.4 Å². The first kappa shape index (κ1) is 23.6. The lowest BCUT2D eigenvalue weighted by atomic mass is 10.1. The molecule has 180 valence electrons. The van der Waals surface area contributed by atoms with Crippen molar-refractivity contribution in [2.75, 3.05) is 11.9 Å². The first-order valence-electron chi connectivity index (χ1n) is 10.8. The summed E-state index contributed by atoms with van der Waals surface area (Å²) in [5.41, 5.74) is 1.11. The minimum absolute atomic E-state index is 0.0192. The van der Waals surface area contributed by atoms with E-state index in [9.17, 15) is 24.0 Å². The molecule has 2 N–H and O–H groups in total. The van der Waals surface area contributed by atoms with E-state index in [1.165, 1.54) is 48.1 Å². The van der Waals surface area contributed by atoms with E-state index in [0.717, 1.165) is 0 Å². The Bertz CT molecular complexity index is 1330. The molecular weight excluding hydrogens is 454 g/mol. The second kappa shape index (κ2) is 9.75. The third-order valence-corrected chi connectivity index (χ3v) is 5.64. The van der Waals surface area contributed by atoms with Crippen LogP contribution in [0, 0.1) is 0 Å². The molecule has 3 heterocycles. The summed E-state index contributed by atoms with van der Waals surface area (Å²) in [5.74, 6) is -1.63. The van der Waals surface area contributed by atoms with Gasteiger partial charge in [0.2, 0.25) is 11.8 Å². The summed E-state index contributed by atoms with van der Waals surface area (Å²) in [6.45, 7) is 2.81. The number of hydrogen-bond donors (Lipinski definition) is 2. The third kappa shape index (κ3) is 5.18. The molecule has 1 fully saturated rings. The van der Waals surface area contributed by atoms with Crippen molar-refractivity contribution in [3.8, 4) is 11.3 Å². The summed E-state index contributed by atoms with van der Waals surface area (Å²) in [7, 11) is 0. The first-order chi connectivity index (χ1) is 16.7. The third-order valence-electron chi connectivity index (χ3n) is 5.64. The summed E-state index contributed by atoms with van der Waals surface area (Å²) >= 11 is 0. The van der Waals surface area contributed by atoms with E-state index in [2.05, 4.69) is 15.3 Å². The Hall–Kier alpha value is -4.54. The molecule has 0 radical (unpaired) electrons. The summed E-state index contributed by atoms with van der Waals surface area (Å²) in [5, 5.41) is 2.77. The Morgan fingerprint density at radius 2 is 1.83 bits per heavy atom. The Labute approximate surface area is 199 Å². The average molecular weight is 477 g/mol. The molecule has 1 unspecified atom stereocenters. The molecule has 35 heavy (non-hydrogen) atoms. The Morgan fingerprint density at radius 3 is 2.43 bits per heavy atom. The number of esters is 1. The normalized spacial score (nSPS) is 17.1. The van der Waals surface area contributed by atoms with Crippen molar-refractivity contribution >= 4 is 29.4 Å². The van der Waals surface area contributed by atoms with Crippen molar-refractivity contribution in [3.05, 3.63) is 71.0 Å². The topological polar surface area (TPSA) is 143 Å². The number of nitrogens with one attached hydrogen (secondary N) is 2. The fraction of sp³-hybridized carbons (Fsp3) is 0.250. The van der Waals surface area contributed by atoms with Gasteiger partial charge in [0.15, 0.2) is 0 Å². The largest absolute Gasteiger partial charge is 0.461 e. The monoisotopic (exact) mass is 477 g/mol. The number of anilines is 1. The number of likely N-dealkylation sites (tertiary alicyclic amines) is 1. The molecule has 11 heteroatoms. The van der Waals surface area contributed by atoms with E-state index in [1.807, 2.05) is 0 Å². The van der Waals surface area contributed by atoms with E-state index in [0.29, 0.717) is 16.9 Å². The molecule has 1 aliphatic rings. The maximum atomic E-state index is 12.8. The van der Waals surface area contributed by atoms with Crippen LogP contribution in [-0.2, 0) is 19.1 Å². The quantitative estimate of drug-likeness (QED) is 0.529. The average Bonchev–Trinajstić information content (AvgIpc) is 3.49. The molecule has 0 saturated carbocycles. The van der Waals surface area contributed by atoms with Crippen molar-refractivity contribution in [2.24, 2.45) is 0 Å². The summed E-state index contributed by atoms with van der Waals surface area (Å²) in [6.07, 6.45) is 3.91. The van der Waals surface area contributed by atoms with Gasteiger partial charge in [-0.25, -0.2) is 4.98 Å². The van der Waals surface area contributed by atoms with Crippen LogP contribution in [0.4, 0.5) is 5.69 Å². The zero-order chi connectivity index (χ0) is 25.1. The van der Waals surface area contributed by atoms with Gasteiger partial charge in [-0.3, -0.25) is 28.5 Å². The highest BCUT2D eigenvalue weighted by Crippen LogP contribution is 2.24. The van der Waals surface area contributed by atoms with Crippen LogP contribution in [0.2, 0.25) is 0 Å². The van der Waals surface area contributed by atoms with E-state index >= 15 is 0 Å². The van der Waals surface area contributed by atoms with Gasteiger partial charge in [-0.15, -0.1) is 0 Å². The number of carbonyl (C=O) groups is 4. The van der Waals surface area contributed by atoms with Gasteiger partial charge in [0.25, 0.3) is 11.5 Å². The first-order valence-corrected chi connectivity index (χ1v) is 10.8. The molecule has 0 spiro atoms. The van der Waals surface area contributed by atoms with Crippen LogP contribution in [0.25, 0.3) is 11.3 Å². The summed E-state index contributed by atoms with van der Waals surface area (Å²) < 4.78 is 6.39. The van der Waals surface area contributed by atoms with Gasteiger partial charge in [-0.1, -0.05) is 12.1 Å². The van der Waals surface area contributed by atoms with Gasteiger partial charge in [-0.05, 0) is 29.8 Å². The lowest BCUT2D eigenvalue weighted by molar-refractivity contribution is -0.146. The summed E-state index contributed by atoms with van der Waals surface area (Å²) in [6, 6.07) is 9.04. The fourth-order valence-corrected chi connectivity index (χ4v) is 4.00. The minimum atomic E-state index is -0.756. The van der Waals surface area contributed by atoms with E-state index in [1.54, 1.807) is 30.3 Å². The van der Waals surface area contributed by atoms with Crippen LogP contribution >= 0.6 is 0 Å². The molecular formula is C24H23N5O6. The van der Waals surface area contributed by atoms with Gasteiger partial charge in [-0.2, -0.15) is 0 Å². The molecule has 2 aromatic heterocycles. The van der Waals surface area contributed by atoms with Crippen molar-refractivity contribution in [2.45, 2.75) is 32.4 Å². The summed E-state index contributed by atoms with van der Waals surface area (Å²) in [4.78, 5) is 68.8. The highest BCUT2D eigenvalue weighted by Gasteiger charge is 2.39. The number of carbonyl (C=O) groups excluding carboxylic acids is 4. The number of pyridine rings is 1. The number of amides is 2. The van der Waals surface area contributed by atoms with Crippen LogP contribution in [0.15, 0.2) is 59.9 Å². The van der Waals surface area contributed by atoms with Gasteiger partial charge in [0, 0.05) is 44.0 Å². The standard InChI is InChI=1S/C24H23N5O6/c1-14(30)29-12-18(35-15(2)31)11-21(29)23(33)26-17-5-3-16(4-6-17)20-8-7-19(22(32)27-20)24(34)28-10-9-25-13-28/h3-10,13,18,21H,11-12H2,1-2H3,(H,26,33)(H,27,32)/t18?,21-/m0/s1. The van der Waals surface area contributed by atoms with Crippen molar-refractivity contribution in [1.29, 1.82) is 0 Å². The van der Waals surface area contributed by atoms with Gasteiger partial charge >= 0.3 is 5.97 Å². The highest BCUT2D eigenvalue weighted by atomic mass is 16.5. The number of benzene rings is 1. The van der Waals surface area contributed by atoms with Crippen LogP contribution in [0.5, 0.6) is 0 Å². The Kier molecular flexibility index (Phi) is 6.58. The van der Waals surface area contributed by atoms with E-state index in [4.69, 9.17) is 4.74 Å². The molecule has 1 aliphatic heterocycles. The molecule has 2 atom stereocenters. The molecule has 11 nitrogen and oxygen atoms in total. The zero-order valence-electron chi connectivity index (χ0n) is 19.1. The van der Waals surface area contributed by atoms with E-state index < -0.39 is 35.5 Å². The second-order valence-corrected chi connectivity index (χ2v) is 8.11. The number of ether oxygens (including phenoxy) is 1. The number of H-pyrrole nitrogens is 1. The smallest absolute Gasteiger partial charge is 0.302 e. The minimum Gasteiger partial charge on any atom is -0.461 e. The zero-order valence-corrected chi connectivity index (χ0v) is 19.1. The maximum absolute atomic E-state index is 12.8. The van der Waals surface area contributed by atoms with Gasteiger partial charge < -0.3 is 19.9 Å². The number of aromatic amines is 1. The molecule has 2 amide bonds. The fourth-order valence-electron chi connectivity index (χ4n) is 4.00. The van der Waals surface area contributed by atoms with Gasteiger partial charge in [0.1, 0.15) is 24.0 Å². The molecule has 4 rings (SSSR count). The van der Waals surface area contributed by atoms with Crippen LogP contribution in [-0.4, -0.2) is 61.8 Å². The lowest BCUT2D eigenvalue weighted by Gasteiger charge is -2.21. The number of aromatic nitrogens is 3. The van der Waals surface area contributed by atoms with Gasteiger partial charge in [0.05, 0.1) is 6.54 Å². The number of imidazole rings is 1. The molecule has 0 bridgehead atoms. The Balaban J connectivity index is 1.45. The van der Waals surface area contributed by atoms with E-state index in [-0.39, 0.29) is 24.4 Å². The van der Waals surface area contributed by atoms with Crippen LogP contribution < -0.4 is 10.9 Å². The predicted molar refractivity (Wildman–Crippen MR) is 124 cm³/mol. The SMILES string of the molecule is CC(=O)OC1C[C@@H](C(=O)Nc2ccc(-c3ccc(C(=O)n4ccnc4)c(=O)[nH]3)cc2)N(C(C)=O)C1. The highest BCUT2D eigenvalue weighted by molar-refractivity contribution is 5.98. The number of rotatable bonds is 5. The number of hydrogen-bond acceptors (Lipinski definition) is 7. The molecule has 1 saturated heterocycles. The van der Waals surface area contributed by atoms with Crippen LogP contribution in [0.1, 0.15) is 30.6 Å². The predicted octanol–water partition coefficient (Wildman–Crippen LogP) is 1.42. The lowest BCUT2D eigenvalue weighted by Crippen LogP contribution is -2.42. The van der Waals surface area contributed by atoms with Crippen molar-refractivity contribution < 1.29 is 23.9 Å². The molecule has 0 aliphatic carbocycles. The maximum Gasteiger partial charge on any atom is 0.302 e.